The number of nitro groups is 1. The Labute approximate surface area is 274 Å². The van der Waals surface area contributed by atoms with E-state index in [9.17, 15) is 10.1 Å². The molecule has 0 atom stereocenters. The molecular weight excluding hydrogens is 633 g/mol. The Balaban J connectivity index is 1.14. The average molecular weight is 664 g/mol. The zero-order valence-corrected chi connectivity index (χ0v) is 26.5. The zero-order chi connectivity index (χ0) is 31.8. The molecule has 0 N–H and O–H groups in total. The fraction of sp³-hybridized carbons (Fsp3) is 0.273. The summed E-state index contributed by atoms with van der Waals surface area (Å²) < 4.78 is 27.3. The third-order valence-electron chi connectivity index (χ3n) is 8.38. The number of hydrogen-bond acceptors (Lipinski definition) is 8. The van der Waals surface area contributed by atoms with Crippen molar-refractivity contribution in [3.05, 3.63) is 98.5 Å². The summed E-state index contributed by atoms with van der Waals surface area (Å²) in [5, 5.41) is 14.3. The molecule has 13 heteroatoms. The van der Waals surface area contributed by atoms with Crippen molar-refractivity contribution in [2.24, 2.45) is 0 Å². The number of methoxy groups -OCH3 is 1. The molecule has 0 bridgehead atoms. The van der Waals surface area contributed by atoms with Crippen molar-refractivity contribution in [1.29, 1.82) is 0 Å². The fourth-order valence-electron chi connectivity index (χ4n) is 6.04. The highest BCUT2D eigenvalue weighted by molar-refractivity contribution is 6.42. The van der Waals surface area contributed by atoms with Crippen LogP contribution in [-0.2, 0) is 26.1 Å². The Hall–Kier alpha value is -4.58. The summed E-state index contributed by atoms with van der Waals surface area (Å²) in [4.78, 5) is 17.1. The molecule has 46 heavy (non-hydrogen) atoms. The lowest BCUT2D eigenvalue weighted by Gasteiger charge is -2.23. The van der Waals surface area contributed by atoms with E-state index >= 15 is 0 Å². The quantitative estimate of drug-likeness (QED) is 0.0952. The molecule has 2 aliphatic heterocycles. The largest absolute Gasteiger partial charge is 0.493 e. The fourth-order valence-corrected chi connectivity index (χ4v) is 6.36. The van der Waals surface area contributed by atoms with Crippen LogP contribution in [0, 0.1) is 10.1 Å². The first-order valence-corrected chi connectivity index (χ1v) is 15.5. The number of hydrogen-bond donors (Lipinski definition) is 0. The molecular formula is C33H30Cl2N5O6+. The summed E-state index contributed by atoms with van der Waals surface area (Å²) in [6.45, 7) is 3.35. The van der Waals surface area contributed by atoms with Gasteiger partial charge in [-0.2, -0.15) is 4.57 Å². The molecule has 0 fully saturated rings. The first-order chi connectivity index (χ1) is 22.4. The Kier molecular flexibility index (Phi) is 8.29. The molecule has 4 heterocycles. The van der Waals surface area contributed by atoms with E-state index in [4.69, 9.17) is 42.1 Å². The molecule has 3 aromatic carbocycles. The molecule has 0 aliphatic carbocycles. The highest BCUT2D eigenvalue weighted by Gasteiger charge is 2.29. The molecule has 0 radical (unpaired) electrons. The topological polar surface area (TPSA) is 105 Å². The second-order valence-electron chi connectivity index (χ2n) is 11.1. The Morgan fingerprint density at radius 3 is 2.74 bits per heavy atom. The van der Waals surface area contributed by atoms with Gasteiger partial charge >= 0.3 is 5.82 Å². The third kappa shape index (κ3) is 5.89. The molecule has 0 unspecified atom stereocenters. The molecule has 2 aromatic heterocycles. The highest BCUT2D eigenvalue weighted by Crippen LogP contribution is 2.41. The molecule has 0 saturated heterocycles. The first-order valence-electron chi connectivity index (χ1n) is 14.8. The smallest absolute Gasteiger partial charge is 0.342 e. The molecule has 0 saturated carbocycles. The van der Waals surface area contributed by atoms with Gasteiger partial charge in [0.1, 0.15) is 19.3 Å². The number of nitrogens with zero attached hydrogens (tertiary/aromatic N) is 5. The van der Waals surface area contributed by atoms with Gasteiger partial charge in [-0.25, -0.2) is 9.55 Å². The van der Waals surface area contributed by atoms with Crippen LogP contribution in [0.15, 0.2) is 67.3 Å². The van der Waals surface area contributed by atoms with Gasteiger partial charge in [-0.3, -0.25) is 4.90 Å². The molecule has 0 amide bonds. The third-order valence-corrected chi connectivity index (χ3v) is 9.11. The van der Waals surface area contributed by atoms with Crippen LogP contribution in [0.1, 0.15) is 11.1 Å². The van der Waals surface area contributed by atoms with E-state index in [1.807, 2.05) is 24.3 Å². The van der Waals surface area contributed by atoms with E-state index in [1.54, 1.807) is 13.2 Å². The van der Waals surface area contributed by atoms with Crippen molar-refractivity contribution >= 4 is 39.8 Å². The van der Waals surface area contributed by atoms with E-state index < -0.39 is 4.92 Å². The molecule has 11 nitrogen and oxygen atoms in total. The molecule has 2 aliphatic rings. The molecule has 236 valence electrons. The highest BCUT2D eigenvalue weighted by atomic mass is 35.5. The van der Waals surface area contributed by atoms with Crippen molar-refractivity contribution in [3.8, 4) is 34.3 Å². The number of halogens is 2. The van der Waals surface area contributed by atoms with Gasteiger partial charge in [0.05, 0.1) is 28.1 Å². The summed E-state index contributed by atoms with van der Waals surface area (Å²) >= 11 is 12.4. The van der Waals surface area contributed by atoms with E-state index in [1.165, 1.54) is 22.7 Å². The maximum atomic E-state index is 11.4. The van der Waals surface area contributed by atoms with Crippen LogP contribution >= 0.6 is 23.2 Å². The predicted molar refractivity (Wildman–Crippen MR) is 172 cm³/mol. The van der Waals surface area contributed by atoms with Crippen LogP contribution in [-0.4, -0.2) is 53.0 Å². The Bertz CT molecular complexity index is 1970. The maximum absolute atomic E-state index is 11.4. The van der Waals surface area contributed by atoms with Gasteiger partial charge < -0.3 is 29.1 Å². The van der Waals surface area contributed by atoms with Crippen molar-refractivity contribution in [1.82, 2.24) is 14.5 Å². The van der Waals surface area contributed by atoms with Gasteiger partial charge in [0.25, 0.3) is 0 Å². The molecule has 5 aromatic rings. The lowest BCUT2D eigenvalue weighted by Crippen LogP contribution is -2.40. The van der Waals surface area contributed by atoms with Crippen molar-refractivity contribution < 1.29 is 28.4 Å². The SMILES string of the molecule is COc1ccc2cc3[n+](cc2c1OCCN(CCn1cncc1[N+](=O)[O-])Cc1ccc(Cl)c(Cl)c1)CCc1cc2c(cc1-3)OCO2. The van der Waals surface area contributed by atoms with Crippen LogP contribution in [0.4, 0.5) is 5.82 Å². The Morgan fingerprint density at radius 1 is 1.09 bits per heavy atom. The van der Waals surface area contributed by atoms with Crippen molar-refractivity contribution in [3.63, 3.8) is 0 Å². The molecule has 7 rings (SSSR count). The minimum absolute atomic E-state index is 0.0556. The summed E-state index contributed by atoms with van der Waals surface area (Å²) in [6, 6.07) is 15.8. The minimum Gasteiger partial charge on any atom is -0.493 e. The van der Waals surface area contributed by atoms with Gasteiger partial charge in [-0.05, 0) is 57.8 Å². The predicted octanol–water partition coefficient (Wildman–Crippen LogP) is 6.08. The van der Waals surface area contributed by atoms with Crippen LogP contribution < -0.4 is 23.5 Å². The minimum atomic E-state index is -0.434. The van der Waals surface area contributed by atoms with Crippen molar-refractivity contribution in [2.75, 3.05) is 33.6 Å². The number of benzene rings is 3. The second-order valence-corrected chi connectivity index (χ2v) is 12.0. The van der Waals surface area contributed by atoms with Crippen LogP contribution in [0.25, 0.3) is 22.0 Å². The summed E-state index contributed by atoms with van der Waals surface area (Å²) in [5.74, 6) is 2.80. The number of pyridine rings is 1. The standard InChI is InChI=1S/C33H30Cl2N5O6/c1-43-29-5-3-22-13-28-24-15-31-30(45-20-46-31)14-23(24)6-7-38(28)18-25(22)33(29)44-11-10-37(17-21-2-4-26(34)27(35)12-21)8-9-39-19-36-16-32(39)40(41)42/h2-5,12-16,18-19H,6-11,17,20H2,1H3/q+1. The summed E-state index contributed by atoms with van der Waals surface area (Å²) in [5.41, 5.74) is 4.43. The molecule has 0 spiro atoms. The number of aryl methyl sites for hydroxylation is 2. The van der Waals surface area contributed by atoms with Gasteiger partial charge in [0, 0.05) is 32.1 Å². The van der Waals surface area contributed by atoms with E-state index in [-0.39, 0.29) is 12.6 Å². The van der Waals surface area contributed by atoms with Gasteiger partial charge in [-0.15, -0.1) is 0 Å². The average Bonchev–Trinajstić information content (AvgIpc) is 3.73. The van der Waals surface area contributed by atoms with Crippen LogP contribution in [0.2, 0.25) is 10.0 Å². The number of imidazole rings is 1. The van der Waals surface area contributed by atoms with Gasteiger partial charge in [-0.1, -0.05) is 29.3 Å². The van der Waals surface area contributed by atoms with E-state index in [0.29, 0.717) is 54.3 Å². The van der Waals surface area contributed by atoms with Crippen molar-refractivity contribution in [2.45, 2.75) is 26.1 Å². The lowest BCUT2D eigenvalue weighted by molar-refractivity contribution is -0.686. The maximum Gasteiger partial charge on any atom is 0.342 e. The van der Waals surface area contributed by atoms with E-state index in [2.05, 4.69) is 38.8 Å². The summed E-state index contributed by atoms with van der Waals surface area (Å²) in [7, 11) is 1.63. The van der Waals surface area contributed by atoms with Crippen LogP contribution in [0.3, 0.4) is 0 Å². The first kappa shape index (κ1) is 30.1. The Morgan fingerprint density at radius 2 is 1.93 bits per heavy atom. The second kappa shape index (κ2) is 12.7. The number of aromatic nitrogens is 3. The van der Waals surface area contributed by atoms with E-state index in [0.717, 1.165) is 52.1 Å². The van der Waals surface area contributed by atoms with Gasteiger partial charge in [0.15, 0.2) is 42.1 Å². The number of fused-ring (bicyclic) bond motifs is 5. The lowest BCUT2D eigenvalue weighted by atomic mass is 9.95. The van der Waals surface area contributed by atoms with Gasteiger partial charge in [0.2, 0.25) is 12.5 Å². The zero-order valence-electron chi connectivity index (χ0n) is 24.9. The number of rotatable bonds is 11. The number of ether oxygens (including phenoxy) is 4. The summed E-state index contributed by atoms with van der Waals surface area (Å²) in [6.07, 6.45) is 5.72. The monoisotopic (exact) mass is 662 g/mol. The van der Waals surface area contributed by atoms with Crippen LogP contribution in [0.5, 0.6) is 23.0 Å². The normalized spacial score (nSPS) is 13.1.